The summed E-state index contributed by atoms with van der Waals surface area (Å²) in [4.78, 5) is 27.3. The number of ether oxygens (including phenoxy) is 1. The molecule has 2 fully saturated rings. The summed E-state index contributed by atoms with van der Waals surface area (Å²) in [6.07, 6.45) is 0.896. The Balaban J connectivity index is 1.72. The molecule has 4 rings (SSSR count). The summed E-state index contributed by atoms with van der Waals surface area (Å²) in [5.41, 5.74) is 1.43. The molecule has 0 unspecified atom stereocenters. The Hall–Kier alpha value is -1.75. The first-order chi connectivity index (χ1) is 15.0. The number of amides is 2. The number of fused-ring (bicyclic) bond motifs is 1. The van der Waals surface area contributed by atoms with E-state index in [1.807, 2.05) is 36.4 Å². The molecule has 0 bridgehead atoms. The van der Waals surface area contributed by atoms with Crippen molar-refractivity contribution in [1.29, 1.82) is 0 Å². The molecule has 32 heavy (non-hydrogen) atoms. The minimum absolute atomic E-state index is 0.000999. The lowest BCUT2D eigenvalue weighted by Gasteiger charge is -2.39. The maximum absolute atomic E-state index is 13.2. The fourth-order valence-corrected chi connectivity index (χ4v) is 5.82. The van der Waals surface area contributed by atoms with Crippen LogP contribution in [0.3, 0.4) is 0 Å². The summed E-state index contributed by atoms with van der Waals surface area (Å²) in [5, 5.41) is 1.86. The number of rotatable bonds is 2. The van der Waals surface area contributed by atoms with Gasteiger partial charge in [0.25, 0.3) is 0 Å². The van der Waals surface area contributed by atoms with Crippen LogP contribution in [0, 0.1) is 11.8 Å². The van der Waals surface area contributed by atoms with Crippen LogP contribution in [0.1, 0.15) is 56.6 Å². The van der Waals surface area contributed by atoms with Crippen molar-refractivity contribution in [3.05, 3.63) is 68.7 Å². The van der Waals surface area contributed by atoms with Crippen LogP contribution in [-0.4, -0.2) is 29.0 Å². The van der Waals surface area contributed by atoms with Gasteiger partial charge in [-0.2, -0.15) is 0 Å². The third kappa shape index (κ3) is 4.64. The highest BCUT2D eigenvalue weighted by Crippen LogP contribution is 2.54. The van der Waals surface area contributed by atoms with Gasteiger partial charge < -0.3 is 4.74 Å². The Morgan fingerprint density at radius 2 is 1.59 bits per heavy atom. The fourth-order valence-electron chi connectivity index (χ4n) is 5.15. The Morgan fingerprint density at radius 1 is 0.969 bits per heavy atom. The second-order valence-corrected chi connectivity index (χ2v) is 10.9. The molecule has 2 amide bonds. The minimum Gasteiger partial charge on any atom is -0.443 e. The number of carbonyl (C=O) groups is 2. The molecule has 1 saturated carbocycles. The molecule has 2 aliphatic rings. The van der Waals surface area contributed by atoms with Crippen LogP contribution in [0.5, 0.6) is 0 Å². The van der Waals surface area contributed by atoms with Gasteiger partial charge in [-0.1, -0.05) is 53.0 Å². The number of carbonyl (C=O) groups excluding carboxylic acids is 2. The second-order valence-electron chi connectivity index (χ2n) is 9.63. The minimum atomic E-state index is -0.667. The number of hydrogen-bond donors (Lipinski definition) is 0. The molecule has 0 aromatic heterocycles. The largest absolute Gasteiger partial charge is 0.443 e. The van der Waals surface area contributed by atoms with E-state index >= 15 is 0 Å². The first-order valence-electron chi connectivity index (χ1n) is 10.8. The zero-order valence-electron chi connectivity index (χ0n) is 18.3. The van der Waals surface area contributed by atoms with Gasteiger partial charge in [-0.05, 0) is 86.8 Å². The van der Waals surface area contributed by atoms with E-state index in [1.165, 1.54) is 4.90 Å². The van der Waals surface area contributed by atoms with Gasteiger partial charge in [0.15, 0.2) is 0 Å². The van der Waals surface area contributed by atoms with Crippen LogP contribution in [-0.2, 0) is 9.53 Å². The molecule has 0 radical (unpaired) electrons. The average molecular weight is 495 g/mol. The molecular weight excluding hydrogens is 469 g/mol. The third-order valence-electron chi connectivity index (χ3n) is 6.41. The molecule has 7 heteroatoms. The monoisotopic (exact) mass is 493 g/mol. The first-order valence-corrected chi connectivity index (χ1v) is 11.9. The molecule has 4 nitrogen and oxygen atoms in total. The SMILES string of the molecule is CC(C)(C)OC(=O)N1C[C@H]2[C@@H](c3ccc(Cl)cc3)[C@H](c3ccc(Cl)cc3Cl)CC[C@@H]2C1=O. The third-order valence-corrected chi connectivity index (χ3v) is 7.22. The summed E-state index contributed by atoms with van der Waals surface area (Å²) in [6, 6.07) is 13.3. The highest BCUT2D eigenvalue weighted by atomic mass is 35.5. The Morgan fingerprint density at radius 3 is 2.22 bits per heavy atom. The quantitative estimate of drug-likeness (QED) is 0.439. The van der Waals surface area contributed by atoms with Crippen LogP contribution >= 0.6 is 34.8 Å². The van der Waals surface area contributed by atoms with Crippen molar-refractivity contribution < 1.29 is 14.3 Å². The summed E-state index contributed by atoms with van der Waals surface area (Å²) in [5.74, 6) is -0.328. The molecule has 2 aromatic carbocycles. The molecule has 1 saturated heterocycles. The summed E-state index contributed by atoms with van der Waals surface area (Å²) < 4.78 is 5.51. The maximum Gasteiger partial charge on any atom is 0.417 e. The van der Waals surface area contributed by atoms with Gasteiger partial charge in [-0.15, -0.1) is 0 Å². The van der Waals surface area contributed by atoms with Crippen molar-refractivity contribution in [2.24, 2.45) is 11.8 Å². The van der Waals surface area contributed by atoms with E-state index in [4.69, 9.17) is 39.5 Å². The highest BCUT2D eigenvalue weighted by Gasteiger charge is 2.52. The van der Waals surface area contributed by atoms with Crippen molar-refractivity contribution in [1.82, 2.24) is 4.90 Å². The van der Waals surface area contributed by atoms with Gasteiger partial charge in [0.05, 0.1) is 0 Å². The Bertz CT molecular complexity index is 1030. The number of nitrogens with zero attached hydrogens (tertiary/aromatic N) is 1. The van der Waals surface area contributed by atoms with E-state index in [-0.39, 0.29) is 29.6 Å². The van der Waals surface area contributed by atoms with Gasteiger partial charge in [0, 0.05) is 27.5 Å². The topological polar surface area (TPSA) is 46.6 Å². The van der Waals surface area contributed by atoms with Gasteiger partial charge in [0.2, 0.25) is 5.91 Å². The molecule has 4 atom stereocenters. The van der Waals surface area contributed by atoms with Crippen LogP contribution in [0.2, 0.25) is 15.1 Å². The zero-order chi connectivity index (χ0) is 23.2. The molecule has 0 N–H and O–H groups in total. The van der Waals surface area contributed by atoms with Gasteiger partial charge in [-0.3, -0.25) is 4.79 Å². The number of imide groups is 1. The lowest BCUT2D eigenvalue weighted by atomic mass is 9.63. The van der Waals surface area contributed by atoms with Crippen molar-refractivity contribution in [2.75, 3.05) is 6.54 Å². The van der Waals surface area contributed by atoms with E-state index in [0.29, 0.717) is 28.0 Å². The van der Waals surface area contributed by atoms with Crippen molar-refractivity contribution in [3.8, 4) is 0 Å². The van der Waals surface area contributed by atoms with E-state index in [9.17, 15) is 9.59 Å². The summed E-state index contributed by atoms with van der Waals surface area (Å²) in [6.45, 7) is 5.72. The summed E-state index contributed by atoms with van der Waals surface area (Å²) >= 11 is 18.9. The molecule has 1 heterocycles. The van der Waals surface area contributed by atoms with E-state index < -0.39 is 11.7 Å². The second kappa shape index (κ2) is 8.89. The molecule has 0 spiro atoms. The molecule has 1 aliphatic carbocycles. The molecule has 170 valence electrons. The highest BCUT2D eigenvalue weighted by molar-refractivity contribution is 6.35. The Kier molecular flexibility index (Phi) is 6.50. The standard InChI is InChI=1S/C25H26Cl3NO3/c1-25(2,3)32-24(31)29-13-20-19(23(29)30)11-10-18(17-9-8-16(27)12-21(17)28)22(20)14-4-6-15(26)7-5-14/h4-9,12,18-20,22H,10-11,13H2,1-3H3/t18-,19-,20+,22-/m0/s1. The van der Waals surface area contributed by atoms with Crippen molar-refractivity contribution in [3.63, 3.8) is 0 Å². The normalized spacial score (nSPS) is 25.6. The number of halogens is 3. The van der Waals surface area contributed by atoms with Crippen LogP contribution < -0.4 is 0 Å². The van der Waals surface area contributed by atoms with Gasteiger partial charge >= 0.3 is 6.09 Å². The maximum atomic E-state index is 13.2. The van der Waals surface area contributed by atoms with Crippen LogP contribution in [0.25, 0.3) is 0 Å². The zero-order valence-corrected chi connectivity index (χ0v) is 20.5. The van der Waals surface area contributed by atoms with E-state index in [2.05, 4.69) is 0 Å². The predicted octanol–water partition coefficient (Wildman–Crippen LogP) is 7.32. The molecule has 2 aromatic rings. The summed E-state index contributed by atoms with van der Waals surface area (Å²) in [7, 11) is 0. The lowest BCUT2D eigenvalue weighted by Crippen LogP contribution is -2.38. The number of hydrogen-bond acceptors (Lipinski definition) is 3. The van der Waals surface area contributed by atoms with Crippen LogP contribution in [0.15, 0.2) is 42.5 Å². The first kappa shape index (κ1) is 23.4. The fraction of sp³-hybridized carbons (Fsp3) is 0.440. The van der Waals surface area contributed by atoms with E-state index in [1.54, 1.807) is 26.8 Å². The smallest absolute Gasteiger partial charge is 0.417 e. The van der Waals surface area contributed by atoms with Gasteiger partial charge in [0.1, 0.15) is 5.60 Å². The van der Waals surface area contributed by atoms with Crippen LogP contribution in [0.4, 0.5) is 4.79 Å². The number of likely N-dealkylation sites (tertiary alicyclic amines) is 1. The Labute approximate surface area is 203 Å². The average Bonchev–Trinajstić information content (AvgIpc) is 3.04. The number of benzene rings is 2. The van der Waals surface area contributed by atoms with Crippen molar-refractivity contribution >= 4 is 46.8 Å². The van der Waals surface area contributed by atoms with E-state index in [0.717, 1.165) is 17.5 Å². The molecule has 1 aliphatic heterocycles. The molecular formula is C25H26Cl3NO3. The van der Waals surface area contributed by atoms with Crippen molar-refractivity contribution in [2.45, 2.75) is 51.0 Å². The van der Waals surface area contributed by atoms with Gasteiger partial charge in [-0.25, -0.2) is 9.69 Å². The lowest BCUT2D eigenvalue weighted by molar-refractivity contribution is -0.131. The predicted molar refractivity (Wildman–Crippen MR) is 128 cm³/mol.